The van der Waals surface area contributed by atoms with Crippen LogP contribution in [0.15, 0.2) is 42.5 Å². The molecule has 4 rings (SSSR count). The van der Waals surface area contributed by atoms with Gasteiger partial charge in [-0.2, -0.15) is 0 Å². The molecule has 2 aliphatic rings. The Labute approximate surface area is 170 Å². The highest BCUT2D eigenvalue weighted by molar-refractivity contribution is 6.31. The monoisotopic (exact) mass is 397 g/mol. The summed E-state index contributed by atoms with van der Waals surface area (Å²) >= 11 is 6.11. The molecule has 2 aromatic rings. The fourth-order valence-corrected chi connectivity index (χ4v) is 4.73. The molecule has 1 saturated heterocycles. The Balaban J connectivity index is 1.47. The second kappa shape index (κ2) is 7.55. The highest BCUT2D eigenvalue weighted by atomic mass is 35.5. The molecule has 1 aliphatic carbocycles. The van der Waals surface area contributed by atoms with Crippen molar-refractivity contribution in [2.45, 2.75) is 45.1 Å². The zero-order valence-corrected chi connectivity index (χ0v) is 16.7. The minimum atomic E-state index is -0.390. The summed E-state index contributed by atoms with van der Waals surface area (Å²) in [6, 6.07) is 12.9. The number of hydrogen-bond acceptors (Lipinski definition) is 3. The van der Waals surface area contributed by atoms with Crippen molar-refractivity contribution in [2.24, 2.45) is 5.41 Å². The number of carbonyl (C=O) groups is 2. The molecule has 0 radical (unpaired) electrons. The first kappa shape index (κ1) is 18.9. The second-order valence-corrected chi connectivity index (χ2v) is 8.33. The molecule has 2 atom stereocenters. The van der Waals surface area contributed by atoms with Gasteiger partial charge in [-0.25, -0.2) is 4.98 Å². The third kappa shape index (κ3) is 3.63. The van der Waals surface area contributed by atoms with Gasteiger partial charge in [-0.3, -0.25) is 9.59 Å². The van der Waals surface area contributed by atoms with Crippen molar-refractivity contribution in [3.05, 3.63) is 58.9 Å². The molecule has 5 nitrogen and oxygen atoms in total. The van der Waals surface area contributed by atoms with E-state index in [9.17, 15) is 9.59 Å². The van der Waals surface area contributed by atoms with Crippen molar-refractivity contribution in [2.75, 3.05) is 11.4 Å². The molecule has 1 N–H and O–H groups in total. The lowest BCUT2D eigenvalue weighted by Gasteiger charge is -2.36. The highest BCUT2D eigenvalue weighted by Crippen LogP contribution is 2.46. The van der Waals surface area contributed by atoms with Crippen LogP contribution in [0.25, 0.3) is 0 Å². The van der Waals surface area contributed by atoms with Gasteiger partial charge in [-0.05, 0) is 62.9 Å². The highest BCUT2D eigenvalue weighted by Gasteiger charge is 2.49. The quantitative estimate of drug-likeness (QED) is 0.846. The zero-order valence-electron chi connectivity index (χ0n) is 16.0. The molecule has 1 saturated carbocycles. The number of nitrogens with one attached hydrogen (secondary N) is 1. The van der Waals surface area contributed by atoms with Crippen LogP contribution in [0.4, 0.5) is 5.69 Å². The van der Waals surface area contributed by atoms with Gasteiger partial charge in [0.1, 0.15) is 5.69 Å². The summed E-state index contributed by atoms with van der Waals surface area (Å²) in [6.45, 7) is 2.56. The molecule has 2 heterocycles. The minimum Gasteiger partial charge on any atom is -0.348 e. The fraction of sp³-hybridized carbons (Fsp3) is 0.409. The maximum atomic E-state index is 13.3. The van der Waals surface area contributed by atoms with Crippen LogP contribution in [0.3, 0.4) is 0 Å². The van der Waals surface area contributed by atoms with Gasteiger partial charge in [-0.15, -0.1) is 0 Å². The SMILES string of the molecule is Cc1cccc(C(=O)N[C@@H]2CCC[C@]3(CCN(c4cccc(Cl)c4)C3=O)C2)n1. The van der Waals surface area contributed by atoms with E-state index in [0.29, 0.717) is 23.7 Å². The van der Waals surface area contributed by atoms with Crippen LogP contribution in [0.1, 0.15) is 48.3 Å². The van der Waals surface area contributed by atoms with E-state index in [0.717, 1.165) is 37.1 Å². The lowest BCUT2D eigenvalue weighted by atomic mass is 9.71. The number of aromatic nitrogens is 1. The summed E-state index contributed by atoms with van der Waals surface area (Å²) in [5.41, 5.74) is 1.71. The third-order valence-electron chi connectivity index (χ3n) is 5.93. The Hall–Kier alpha value is -2.40. The number of aryl methyl sites for hydroxylation is 1. The van der Waals surface area contributed by atoms with E-state index in [1.807, 2.05) is 48.2 Å². The normalized spacial score (nSPS) is 24.6. The maximum Gasteiger partial charge on any atom is 0.270 e. The number of pyridine rings is 1. The predicted octanol–water partition coefficient (Wildman–Crippen LogP) is 4.14. The molecule has 0 unspecified atom stereocenters. The largest absolute Gasteiger partial charge is 0.348 e. The van der Waals surface area contributed by atoms with Crippen molar-refractivity contribution >= 4 is 29.1 Å². The van der Waals surface area contributed by atoms with E-state index in [-0.39, 0.29) is 17.9 Å². The number of halogens is 1. The van der Waals surface area contributed by atoms with Crippen molar-refractivity contribution in [3.63, 3.8) is 0 Å². The summed E-state index contributed by atoms with van der Waals surface area (Å²) in [4.78, 5) is 32.0. The summed E-state index contributed by atoms with van der Waals surface area (Å²) in [5, 5.41) is 3.73. The molecule has 6 heteroatoms. The van der Waals surface area contributed by atoms with Crippen LogP contribution in [0, 0.1) is 12.3 Å². The van der Waals surface area contributed by atoms with E-state index in [4.69, 9.17) is 11.6 Å². The summed E-state index contributed by atoms with van der Waals surface area (Å²) in [7, 11) is 0. The van der Waals surface area contributed by atoms with Crippen LogP contribution in [-0.2, 0) is 4.79 Å². The summed E-state index contributed by atoms with van der Waals surface area (Å²) < 4.78 is 0. The van der Waals surface area contributed by atoms with Crippen molar-refractivity contribution in [3.8, 4) is 0 Å². The van der Waals surface area contributed by atoms with Gasteiger partial charge in [-0.1, -0.05) is 30.2 Å². The van der Waals surface area contributed by atoms with Gasteiger partial charge in [0.05, 0.1) is 5.41 Å². The number of amides is 2. The van der Waals surface area contributed by atoms with Gasteiger partial charge in [0.2, 0.25) is 5.91 Å². The Morgan fingerprint density at radius 2 is 2.07 bits per heavy atom. The topological polar surface area (TPSA) is 62.3 Å². The Morgan fingerprint density at radius 3 is 2.86 bits per heavy atom. The molecular weight excluding hydrogens is 374 g/mol. The van der Waals surface area contributed by atoms with Gasteiger partial charge in [0.15, 0.2) is 0 Å². The van der Waals surface area contributed by atoms with E-state index < -0.39 is 5.41 Å². The standard InChI is InChI=1S/C22H24ClN3O2/c1-15-5-2-9-19(24-15)20(27)25-17-7-4-10-22(14-17)11-12-26(21(22)28)18-8-3-6-16(23)13-18/h2-3,5-6,8-9,13,17H,4,7,10-12,14H2,1H3,(H,25,27)/t17-,22+/m1/s1. The van der Waals surface area contributed by atoms with E-state index in [1.165, 1.54) is 0 Å². The van der Waals surface area contributed by atoms with Gasteiger partial charge >= 0.3 is 0 Å². The van der Waals surface area contributed by atoms with E-state index in [1.54, 1.807) is 6.07 Å². The van der Waals surface area contributed by atoms with Crippen LogP contribution in [0.2, 0.25) is 5.02 Å². The van der Waals surface area contributed by atoms with Crippen LogP contribution in [0.5, 0.6) is 0 Å². The average Bonchev–Trinajstić information content (AvgIpc) is 2.97. The van der Waals surface area contributed by atoms with Crippen molar-refractivity contribution < 1.29 is 9.59 Å². The summed E-state index contributed by atoms with van der Waals surface area (Å²) in [5.74, 6) is -0.00899. The first-order chi connectivity index (χ1) is 13.5. The van der Waals surface area contributed by atoms with Crippen LogP contribution < -0.4 is 10.2 Å². The smallest absolute Gasteiger partial charge is 0.270 e. The fourth-order valence-electron chi connectivity index (χ4n) is 4.55. The molecule has 2 fully saturated rings. The Bertz CT molecular complexity index is 916. The molecule has 146 valence electrons. The first-order valence-corrected chi connectivity index (χ1v) is 10.2. The first-order valence-electron chi connectivity index (χ1n) is 9.79. The molecule has 28 heavy (non-hydrogen) atoms. The zero-order chi connectivity index (χ0) is 19.7. The van der Waals surface area contributed by atoms with Gasteiger partial charge in [0.25, 0.3) is 5.91 Å². The average molecular weight is 398 g/mol. The third-order valence-corrected chi connectivity index (χ3v) is 6.17. The second-order valence-electron chi connectivity index (χ2n) is 7.90. The predicted molar refractivity (Wildman–Crippen MR) is 110 cm³/mol. The maximum absolute atomic E-state index is 13.3. The number of rotatable bonds is 3. The Kier molecular flexibility index (Phi) is 5.11. The van der Waals surface area contributed by atoms with Crippen molar-refractivity contribution in [1.29, 1.82) is 0 Å². The molecule has 0 bridgehead atoms. The number of hydrogen-bond donors (Lipinski definition) is 1. The van der Waals surface area contributed by atoms with Gasteiger partial charge < -0.3 is 10.2 Å². The molecule has 1 aromatic carbocycles. The van der Waals surface area contributed by atoms with Crippen molar-refractivity contribution in [1.82, 2.24) is 10.3 Å². The minimum absolute atomic E-state index is 0.00757. The number of nitrogens with zero attached hydrogens (tertiary/aromatic N) is 2. The number of anilines is 1. The molecule has 1 aliphatic heterocycles. The molecular formula is C22H24ClN3O2. The summed E-state index contributed by atoms with van der Waals surface area (Å²) in [6.07, 6.45) is 4.19. The van der Waals surface area contributed by atoms with E-state index in [2.05, 4.69) is 10.3 Å². The molecule has 1 spiro atoms. The lowest BCUT2D eigenvalue weighted by molar-refractivity contribution is -0.127. The molecule has 2 amide bonds. The van der Waals surface area contributed by atoms with Gasteiger partial charge in [0, 0.05) is 29.0 Å². The lowest BCUT2D eigenvalue weighted by Crippen LogP contribution is -2.46. The Morgan fingerprint density at radius 1 is 1.25 bits per heavy atom. The number of benzene rings is 1. The number of carbonyl (C=O) groups excluding carboxylic acids is 2. The molecule has 1 aromatic heterocycles. The van der Waals surface area contributed by atoms with E-state index >= 15 is 0 Å². The van der Waals surface area contributed by atoms with Crippen LogP contribution in [-0.4, -0.2) is 29.4 Å². The van der Waals surface area contributed by atoms with Crippen LogP contribution >= 0.6 is 11.6 Å².